The lowest BCUT2D eigenvalue weighted by molar-refractivity contribution is -0.121. The molecule has 0 aliphatic carbocycles. The largest absolute Gasteiger partial charge is 0.364 e. The standard InChI is InChI=1S/C13H14Br2N2O/c14-7-9(11-3-1-5-16-11)13(18)10(8-15)12-4-2-6-17-12/h1-6,9-10,16-17H,7-8H2. The Balaban J connectivity index is 2.23. The average Bonchev–Trinajstić information content (AvgIpc) is 3.03. The summed E-state index contributed by atoms with van der Waals surface area (Å²) in [4.78, 5) is 18.8. The van der Waals surface area contributed by atoms with Crippen LogP contribution in [0.2, 0.25) is 0 Å². The maximum atomic E-state index is 12.6. The molecule has 2 aromatic rings. The Labute approximate surface area is 123 Å². The molecule has 0 fully saturated rings. The molecule has 0 saturated carbocycles. The monoisotopic (exact) mass is 372 g/mol. The normalized spacial score (nSPS) is 14.3. The number of carbonyl (C=O) groups excluding carboxylic acids is 1. The summed E-state index contributed by atoms with van der Waals surface area (Å²) in [6.07, 6.45) is 3.69. The van der Waals surface area contributed by atoms with Crippen molar-refractivity contribution in [1.29, 1.82) is 0 Å². The zero-order valence-corrected chi connectivity index (χ0v) is 12.9. The number of aromatic amines is 2. The molecule has 5 heteroatoms. The molecule has 2 unspecified atom stereocenters. The molecule has 0 radical (unpaired) electrons. The second-order valence-corrected chi connectivity index (χ2v) is 5.36. The predicted molar refractivity (Wildman–Crippen MR) is 79.7 cm³/mol. The van der Waals surface area contributed by atoms with Crippen molar-refractivity contribution >= 4 is 37.6 Å². The minimum absolute atomic E-state index is 0.147. The highest BCUT2D eigenvalue weighted by Gasteiger charge is 2.29. The maximum absolute atomic E-state index is 12.6. The van der Waals surface area contributed by atoms with Gasteiger partial charge >= 0.3 is 0 Å². The molecule has 0 amide bonds. The lowest BCUT2D eigenvalue weighted by Crippen LogP contribution is -2.23. The minimum Gasteiger partial charge on any atom is -0.364 e. The Morgan fingerprint density at radius 2 is 1.44 bits per heavy atom. The van der Waals surface area contributed by atoms with Gasteiger partial charge in [0.2, 0.25) is 0 Å². The number of carbonyl (C=O) groups is 1. The number of alkyl halides is 2. The van der Waals surface area contributed by atoms with Crippen molar-refractivity contribution < 1.29 is 4.79 Å². The maximum Gasteiger partial charge on any atom is 0.152 e. The van der Waals surface area contributed by atoms with Gasteiger partial charge in [-0.05, 0) is 24.3 Å². The number of Topliss-reactive ketones (excluding diaryl/α,β-unsaturated/α-hetero) is 1. The second kappa shape index (κ2) is 6.38. The van der Waals surface area contributed by atoms with Crippen LogP contribution in [0.15, 0.2) is 36.7 Å². The number of ketones is 1. The van der Waals surface area contributed by atoms with Crippen LogP contribution in [0.1, 0.15) is 23.2 Å². The number of rotatable bonds is 6. The van der Waals surface area contributed by atoms with Crippen molar-refractivity contribution in [2.24, 2.45) is 0 Å². The van der Waals surface area contributed by atoms with Crippen molar-refractivity contribution in [2.45, 2.75) is 11.8 Å². The van der Waals surface area contributed by atoms with Gasteiger partial charge in [-0.25, -0.2) is 0 Å². The summed E-state index contributed by atoms with van der Waals surface area (Å²) < 4.78 is 0. The van der Waals surface area contributed by atoms with Gasteiger partial charge < -0.3 is 9.97 Å². The van der Waals surface area contributed by atoms with Gasteiger partial charge in [-0.3, -0.25) is 4.79 Å². The quantitative estimate of drug-likeness (QED) is 0.747. The van der Waals surface area contributed by atoms with Crippen LogP contribution in [0.3, 0.4) is 0 Å². The van der Waals surface area contributed by atoms with Gasteiger partial charge in [0.25, 0.3) is 0 Å². The van der Waals surface area contributed by atoms with E-state index >= 15 is 0 Å². The lowest BCUT2D eigenvalue weighted by atomic mass is 9.91. The van der Waals surface area contributed by atoms with E-state index in [1.807, 2.05) is 36.7 Å². The molecule has 0 saturated heterocycles. The summed E-state index contributed by atoms with van der Waals surface area (Å²) in [5.41, 5.74) is 1.91. The van der Waals surface area contributed by atoms with Gasteiger partial charge in [-0.15, -0.1) is 0 Å². The van der Waals surface area contributed by atoms with E-state index in [9.17, 15) is 4.79 Å². The molecule has 0 spiro atoms. The third kappa shape index (κ3) is 2.78. The Hall–Kier alpha value is -0.810. The summed E-state index contributed by atoms with van der Waals surface area (Å²) in [6, 6.07) is 7.72. The van der Waals surface area contributed by atoms with Gasteiger partial charge in [0, 0.05) is 34.4 Å². The Morgan fingerprint density at radius 1 is 1.00 bits per heavy atom. The van der Waals surface area contributed by atoms with Gasteiger partial charge in [-0.2, -0.15) is 0 Å². The molecule has 2 rings (SSSR count). The van der Waals surface area contributed by atoms with E-state index in [4.69, 9.17) is 0 Å². The summed E-state index contributed by atoms with van der Waals surface area (Å²) in [5, 5.41) is 1.24. The molecule has 2 heterocycles. The van der Waals surface area contributed by atoms with Crippen LogP contribution in [0.25, 0.3) is 0 Å². The lowest BCUT2D eigenvalue weighted by Gasteiger charge is -2.18. The van der Waals surface area contributed by atoms with Gasteiger partial charge in [0.05, 0.1) is 11.8 Å². The first-order valence-electron chi connectivity index (χ1n) is 5.70. The second-order valence-electron chi connectivity index (χ2n) is 4.07. The van der Waals surface area contributed by atoms with E-state index < -0.39 is 0 Å². The number of halogens is 2. The molecule has 96 valence electrons. The highest BCUT2D eigenvalue weighted by atomic mass is 79.9. The minimum atomic E-state index is -0.147. The smallest absolute Gasteiger partial charge is 0.152 e. The van der Waals surface area contributed by atoms with E-state index in [2.05, 4.69) is 41.8 Å². The number of hydrogen-bond acceptors (Lipinski definition) is 1. The Kier molecular flexibility index (Phi) is 4.83. The number of H-pyrrole nitrogens is 2. The van der Waals surface area contributed by atoms with Crippen LogP contribution in [-0.4, -0.2) is 26.4 Å². The zero-order chi connectivity index (χ0) is 13.0. The summed E-state index contributed by atoms with van der Waals surface area (Å²) in [6.45, 7) is 0. The predicted octanol–water partition coefficient (Wildman–Crippen LogP) is 3.57. The Bertz CT molecular complexity index is 435. The molecule has 2 aromatic heterocycles. The molecular weight excluding hydrogens is 360 g/mol. The van der Waals surface area contributed by atoms with Crippen LogP contribution < -0.4 is 0 Å². The SMILES string of the molecule is O=C(C(CBr)c1ccc[nH]1)C(CBr)c1ccc[nH]1. The number of hydrogen-bond donors (Lipinski definition) is 2. The molecule has 2 N–H and O–H groups in total. The van der Waals surface area contributed by atoms with Crippen molar-refractivity contribution in [1.82, 2.24) is 9.97 Å². The molecule has 0 aliphatic heterocycles. The van der Waals surface area contributed by atoms with Crippen molar-refractivity contribution in [2.75, 3.05) is 10.7 Å². The molecule has 0 aromatic carbocycles. The van der Waals surface area contributed by atoms with Crippen molar-refractivity contribution in [3.63, 3.8) is 0 Å². The van der Waals surface area contributed by atoms with Crippen LogP contribution in [0.5, 0.6) is 0 Å². The van der Waals surface area contributed by atoms with Crippen LogP contribution in [0, 0.1) is 0 Å². The highest BCUT2D eigenvalue weighted by molar-refractivity contribution is 9.09. The first-order valence-corrected chi connectivity index (χ1v) is 7.94. The molecule has 18 heavy (non-hydrogen) atoms. The van der Waals surface area contributed by atoms with Gasteiger partial charge in [0.15, 0.2) is 5.78 Å². The van der Waals surface area contributed by atoms with Crippen LogP contribution in [-0.2, 0) is 4.79 Å². The summed E-state index contributed by atoms with van der Waals surface area (Å²) >= 11 is 6.86. The molecule has 0 aliphatic rings. The third-order valence-corrected chi connectivity index (χ3v) is 4.29. The average molecular weight is 374 g/mol. The molecule has 2 atom stereocenters. The fourth-order valence-electron chi connectivity index (χ4n) is 1.99. The molecule has 3 nitrogen and oxygen atoms in total. The van der Waals surface area contributed by atoms with Crippen LogP contribution >= 0.6 is 31.9 Å². The fourth-order valence-corrected chi connectivity index (χ4v) is 3.33. The van der Waals surface area contributed by atoms with E-state index in [0.717, 1.165) is 11.4 Å². The number of aromatic nitrogens is 2. The first-order chi connectivity index (χ1) is 8.77. The van der Waals surface area contributed by atoms with Crippen molar-refractivity contribution in [3.05, 3.63) is 48.0 Å². The summed E-state index contributed by atoms with van der Waals surface area (Å²) in [7, 11) is 0. The molecule has 0 bridgehead atoms. The molecular formula is C13H14Br2N2O. The van der Waals surface area contributed by atoms with E-state index in [-0.39, 0.29) is 17.6 Å². The Morgan fingerprint density at radius 3 is 1.72 bits per heavy atom. The number of nitrogens with one attached hydrogen (secondary N) is 2. The summed E-state index contributed by atoms with van der Waals surface area (Å²) in [5.74, 6) is -0.0923. The highest BCUT2D eigenvalue weighted by Crippen LogP contribution is 2.27. The zero-order valence-electron chi connectivity index (χ0n) is 9.70. The van der Waals surface area contributed by atoms with Gasteiger partial charge in [-0.1, -0.05) is 31.9 Å². The fraction of sp³-hybridized carbons (Fsp3) is 0.308. The van der Waals surface area contributed by atoms with Crippen molar-refractivity contribution in [3.8, 4) is 0 Å². The van der Waals surface area contributed by atoms with Crippen LogP contribution in [0.4, 0.5) is 0 Å². The first kappa shape index (κ1) is 13.6. The van der Waals surface area contributed by atoms with E-state index in [1.165, 1.54) is 0 Å². The third-order valence-electron chi connectivity index (χ3n) is 2.99. The topological polar surface area (TPSA) is 48.6 Å². The van der Waals surface area contributed by atoms with Gasteiger partial charge in [0.1, 0.15) is 0 Å². The van der Waals surface area contributed by atoms with E-state index in [1.54, 1.807) is 0 Å². The van der Waals surface area contributed by atoms with E-state index in [0.29, 0.717) is 10.7 Å².